The zero-order valence-electron chi connectivity index (χ0n) is 15.8. The van der Waals surface area contributed by atoms with Crippen molar-refractivity contribution >= 4 is 46.2 Å². The lowest BCUT2D eigenvalue weighted by Crippen LogP contribution is -2.47. The topological polar surface area (TPSA) is 71.4 Å². The predicted octanol–water partition coefficient (Wildman–Crippen LogP) is 3.12. The van der Waals surface area contributed by atoms with Crippen LogP contribution in [-0.4, -0.2) is 47.0 Å². The highest BCUT2D eigenvalue weighted by atomic mass is 32.2. The minimum Gasteiger partial charge on any atom is -0.465 e. The number of thioether (sulfide) groups is 2. The van der Waals surface area contributed by atoms with Gasteiger partial charge in [0.25, 0.3) is 0 Å². The summed E-state index contributed by atoms with van der Waals surface area (Å²) in [5.41, 5.74) is 2.65. The van der Waals surface area contributed by atoms with Crippen LogP contribution >= 0.6 is 23.5 Å². The van der Waals surface area contributed by atoms with Crippen LogP contribution in [0.2, 0.25) is 0 Å². The van der Waals surface area contributed by atoms with Gasteiger partial charge in [0.1, 0.15) is 4.91 Å². The van der Waals surface area contributed by atoms with E-state index in [1.807, 2.05) is 50.1 Å². The standard InChI is InChI=1S/C18H21N3O4S2/c1-6-25-17(23)15-19-21(13-9-7-8-11(2)10-13)18(27-15)20(4)12(3)14(26-18)16(22)24-5/h7-10H,6H2,1-5H3. The normalized spacial score (nSPS) is 21.7. The van der Waals surface area contributed by atoms with Crippen LogP contribution in [-0.2, 0) is 19.1 Å². The van der Waals surface area contributed by atoms with Gasteiger partial charge in [-0.25, -0.2) is 14.6 Å². The molecule has 2 aliphatic heterocycles. The molecule has 3 rings (SSSR count). The molecule has 0 fully saturated rings. The van der Waals surface area contributed by atoms with E-state index in [9.17, 15) is 9.59 Å². The molecule has 0 saturated carbocycles. The van der Waals surface area contributed by atoms with Crippen molar-refractivity contribution in [3.05, 3.63) is 40.4 Å². The van der Waals surface area contributed by atoms with Crippen LogP contribution in [0.1, 0.15) is 19.4 Å². The SMILES string of the molecule is CCOC(=O)C1=NN(c2cccc(C)c2)C2(S1)SC(C(=O)OC)=C(C)N2C. The first kappa shape index (κ1) is 19.6. The number of rotatable bonds is 4. The molecule has 7 nitrogen and oxygen atoms in total. The van der Waals surface area contributed by atoms with E-state index in [-0.39, 0.29) is 11.7 Å². The molecule has 0 bridgehead atoms. The van der Waals surface area contributed by atoms with Crippen LogP contribution in [0.25, 0.3) is 0 Å². The maximum Gasteiger partial charge on any atom is 0.365 e. The highest BCUT2D eigenvalue weighted by Gasteiger charge is 2.56. The summed E-state index contributed by atoms with van der Waals surface area (Å²) in [5, 5.41) is 6.57. The lowest BCUT2D eigenvalue weighted by atomic mass is 10.2. The molecule has 0 aliphatic carbocycles. The van der Waals surface area contributed by atoms with E-state index in [1.54, 1.807) is 11.9 Å². The fourth-order valence-corrected chi connectivity index (χ4v) is 5.70. The van der Waals surface area contributed by atoms with Crippen molar-refractivity contribution in [2.75, 3.05) is 25.8 Å². The van der Waals surface area contributed by atoms with E-state index in [4.69, 9.17) is 9.47 Å². The van der Waals surface area contributed by atoms with E-state index in [2.05, 4.69) is 5.10 Å². The van der Waals surface area contributed by atoms with Crippen LogP contribution in [0.15, 0.2) is 40.0 Å². The van der Waals surface area contributed by atoms with E-state index < -0.39 is 16.3 Å². The van der Waals surface area contributed by atoms with Gasteiger partial charge in [-0.2, -0.15) is 5.10 Å². The van der Waals surface area contributed by atoms with Crippen LogP contribution in [0.5, 0.6) is 0 Å². The number of nitrogens with zero attached hydrogens (tertiary/aromatic N) is 3. The first-order valence-electron chi connectivity index (χ1n) is 8.37. The fraction of sp³-hybridized carbons (Fsp3) is 0.389. The first-order chi connectivity index (χ1) is 12.8. The van der Waals surface area contributed by atoms with Gasteiger partial charge in [-0.3, -0.25) is 0 Å². The van der Waals surface area contributed by atoms with Crippen molar-refractivity contribution in [2.24, 2.45) is 5.10 Å². The number of methoxy groups -OCH3 is 1. The van der Waals surface area contributed by atoms with Gasteiger partial charge in [-0.1, -0.05) is 23.9 Å². The summed E-state index contributed by atoms with van der Waals surface area (Å²) in [5.74, 6) is -0.884. The third-order valence-electron chi connectivity index (χ3n) is 4.25. The number of carbonyl (C=O) groups is 2. The minimum absolute atomic E-state index is 0.247. The summed E-state index contributed by atoms with van der Waals surface area (Å²) in [6, 6.07) is 7.83. The molecule has 0 N–H and O–H groups in total. The number of benzene rings is 1. The van der Waals surface area contributed by atoms with E-state index in [0.29, 0.717) is 4.91 Å². The lowest BCUT2D eigenvalue weighted by molar-refractivity contribution is -0.135. The smallest absolute Gasteiger partial charge is 0.365 e. The van der Waals surface area contributed by atoms with E-state index in [0.717, 1.165) is 16.9 Å². The third-order valence-corrected chi connectivity index (χ3v) is 7.28. The number of hydrazone groups is 1. The highest BCUT2D eigenvalue weighted by molar-refractivity contribution is 8.28. The second-order valence-electron chi connectivity index (χ2n) is 5.99. The van der Waals surface area contributed by atoms with Gasteiger partial charge in [-0.05, 0) is 50.2 Å². The zero-order chi connectivity index (χ0) is 19.8. The van der Waals surface area contributed by atoms with E-state index in [1.165, 1.54) is 30.6 Å². The van der Waals surface area contributed by atoms with Crippen molar-refractivity contribution < 1.29 is 19.1 Å². The molecule has 144 valence electrons. The lowest BCUT2D eigenvalue weighted by Gasteiger charge is -2.39. The van der Waals surface area contributed by atoms with Crippen molar-refractivity contribution in [3.8, 4) is 0 Å². The quantitative estimate of drug-likeness (QED) is 0.705. The molecule has 2 heterocycles. The van der Waals surface area contributed by atoms with Crippen LogP contribution in [0, 0.1) is 6.92 Å². The molecule has 0 saturated heterocycles. The van der Waals surface area contributed by atoms with Gasteiger partial charge in [0, 0.05) is 12.7 Å². The highest BCUT2D eigenvalue weighted by Crippen LogP contribution is 2.58. The summed E-state index contributed by atoms with van der Waals surface area (Å²) in [7, 11) is 3.23. The van der Waals surface area contributed by atoms with Crippen molar-refractivity contribution in [3.63, 3.8) is 0 Å². The molecule has 1 aromatic rings. The Balaban J connectivity index is 2.06. The Kier molecular flexibility index (Phi) is 5.43. The molecule has 1 atom stereocenters. The van der Waals surface area contributed by atoms with Crippen molar-refractivity contribution in [1.82, 2.24) is 4.90 Å². The number of hydrogen-bond acceptors (Lipinski definition) is 9. The Morgan fingerprint density at radius 3 is 2.59 bits per heavy atom. The molecule has 0 amide bonds. The average Bonchev–Trinajstić information content (AvgIpc) is 3.16. The molecule has 1 unspecified atom stereocenters. The van der Waals surface area contributed by atoms with Gasteiger partial charge in [0.2, 0.25) is 9.37 Å². The Bertz CT molecular complexity index is 855. The molecule has 1 spiro atoms. The van der Waals surface area contributed by atoms with Crippen molar-refractivity contribution in [2.45, 2.75) is 25.1 Å². The second kappa shape index (κ2) is 7.47. The number of allylic oxidation sites excluding steroid dienone is 1. The largest absolute Gasteiger partial charge is 0.465 e. The average molecular weight is 408 g/mol. The number of aryl methyl sites for hydroxylation is 1. The van der Waals surface area contributed by atoms with E-state index >= 15 is 0 Å². The second-order valence-corrected chi connectivity index (χ2v) is 8.59. The molecule has 2 aliphatic rings. The number of carbonyl (C=O) groups excluding carboxylic acids is 2. The van der Waals surface area contributed by atoms with Crippen LogP contribution < -0.4 is 5.01 Å². The Morgan fingerprint density at radius 2 is 1.96 bits per heavy atom. The molecule has 0 aromatic heterocycles. The predicted molar refractivity (Wildman–Crippen MR) is 108 cm³/mol. The fourth-order valence-electron chi connectivity index (χ4n) is 2.80. The molecular weight excluding hydrogens is 386 g/mol. The van der Waals surface area contributed by atoms with Crippen molar-refractivity contribution in [1.29, 1.82) is 0 Å². The summed E-state index contributed by atoms with van der Waals surface area (Å²) in [6.45, 7) is 5.86. The number of hydrogen-bond donors (Lipinski definition) is 0. The Labute approximate surface area is 166 Å². The van der Waals surface area contributed by atoms with Gasteiger partial charge in [0.15, 0.2) is 0 Å². The van der Waals surface area contributed by atoms with Gasteiger partial charge in [-0.15, -0.1) is 0 Å². The summed E-state index contributed by atoms with van der Waals surface area (Å²) in [4.78, 5) is 27.0. The monoisotopic (exact) mass is 407 g/mol. The molecule has 9 heteroatoms. The Morgan fingerprint density at radius 1 is 1.22 bits per heavy atom. The maximum absolute atomic E-state index is 12.4. The van der Waals surface area contributed by atoms with Gasteiger partial charge in [0.05, 0.1) is 19.4 Å². The first-order valence-corrected chi connectivity index (χ1v) is 10.0. The number of anilines is 1. The molecule has 27 heavy (non-hydrogen) atoms. The third kappa shape index (κ3) is 3.29. The van der Waals surface area contributed by atoms with Gasteiger partial charge >= 0.3 is 11.9 Å². The maximum atomic E-state index is 12.4. The van der Waals surface area contributed by atoms with Crippen LogP contribution in [0.3, 0.4) is 0 Å². The number of esters is 2. The minimum atomic E-state index is -0.844. The summed E-state index contributed by atoms with van der Waals surface area (Å²) < 4.78 is 9.23. The molecule has 1 aromatic carbocycles. The summed E-state index contributed by atoms with van der Waals surface area (Å²) in [6.07, 6.45) is 0. The number of ether oxygens (including phenoxy) is 2. The zero-order valence-corrected chi connectivity index (χ0v) is 17.4. The van der Waals surface area contributed by atoms with Gasteiger partial charge < -0.3 is 14.4 Å². The molecule has 0 radical (unpaired) electrons. The summed E-state index contributed by atoms with van der Waals surface area (Å²) >= 11 is 2.58. The Hall–Kier alpha value is -2.13. The molecular formula is C18H21N3O4S2. The van der Waals surface area contributed by atoms with Crippen LogP contribution in [0.4, 0.5) is 5.69 Å².